The van der Waals surface area contributed by atoms with E-state index in [1.54, 1.807) is 12.1 Å². The second kappa shape index (κ2) is 7.37. The largest absolute Gasteiger partial charge is 0.373 e. The standard InChI is InChI=1S/C18H28FNO/c1-4-21-18(9-7-5-6-8-10-18)17(20-3)15-11-14(2)12-16(19)13-15/h11-13,17,20H,4-10H2,1-3H3. The first-order chi connectivity index (χ1) is 10.1. The van der Waals surface area contributed by atoms with E-state index in [9.17, 15) is 4.39 Å². The number of ether oxygens (including phenoxy) is 1. The molecule has 2 nitrogen and oxygen atoms in total. The highest BCUT2D eigenvalue weighted by atomic mass is 19.1. The summed E-state index contributed by atoms with van der Waals surface area (Å²) < 4.78 is 20.1. The van der Waals surface area contributed by atoms with Crippen LogP contribution in [0.5, 0.6) is 0 Å². The van der Waals surface area contributed by atoms with Crippen molar-refractivity contribution in [3.05, 3.63) is 35.1 Å². The molecule has 1 unspecified atom stereocenters. The Bertz CT molecular complexity index is 432. The van der Waals surface area contributed by atoms with Gasteiger partial charge in [0.1, 0.15) is 5.82 Å². The van der Waals surface area contributed by atoms with E-state index in [2.05, 4.69) is 18.3 Å². The fourth-order valence-electron chi connectivity index (χ4n) is 3.80. The lowest BCUT2D eigenvalue weighted by molar-refractivity contribution is -0.0767. The first kappa shape index (κ1) is 16.4. The molecule has 1 aliphatic rings. The van der Waals surface area contributed by atoms with Crippen LogP contribution >= 0.6 is 0 Å². The molecule has 1 saturated carbocycles. The summed E-state index contributed by atoms with van der Waals surface area (Å²) in [6, 6.07) is 5.36. The van der Waals surface area contributed by atoms with Gasteiger partial charge in [0.15, 0.2) is 0 Å². The van der Waals surface area contributed by atoms with Crippen LogP contribution in [0.1, 0.15) is 62.6 Å². The van der Waals surface area contributed by atoms with Crippen molar-refractivity contribution in [3.63, 3.8) is 0 Å². The zero-order valence-electron chi connectivity index (χ0n) is 13.5. The SMILES string of the molecule is CCOC1(C(NC)c2cc(C)cc(F)c2)CCCCCC1. The topological polar surface area (TPSA) is 21.3 Å². The van der Waals surface area contributed by atoms with Crippen LogP contribution < -0.4 is 5.32 Å². The maximum atomic E-state index is 13.8. The van der Waals surface area contributed by atoms with Gasteiger partial charge in [-0.3, -0.25) is 0 Å². The second-order valence-electron chi connectivity index (χ2n) is 6.20. The van der Waals surface area contributed by atoms with Crippen LogP contribution in [0.2, 0.25) is 0 Å². The molecule has 0 radical (unpaired) electrons. The number of rotatable bonds is 5. The van der Waals surface area contributed by atoms with E-state index in [0.29, 0.717) is 6.61 Å². The zero-order chi connectivity index (χ0) is 15.3. The smallest absolute Gasteiger partial charge is 0.123 e. The van der Waals surface area contributed by atoms with Gasteiger partial charge in [-0.15, -0.1) is 0 Å². The predicted molar refractivity (Wildman–Crippen MR) is 85.0 cm³/mol. The average Bonchev–Trinajstić information content (AvgIpc) is 2.65. The van der Waals surface area contributed by atoms with E-state index in [1.165, 1.54) is 25.7 Å². The van der Waals surface area contributed by atoms with Gasteiger partial charge in [0.05, 0.1) is 11.6 Å². The van der Waals surface area contributed by atoms with Gasteiger partial charge >= 0.3 is 0 Å². The summed E-state index contributed by atoms with van der Waals surface area (Å²) in [6.07, 6.45) is 7.00. The van der Waals surface area contributed by atoms with E-state index in [4.69, 9.17) is 4.74 Å². The van der Waals surface area contributed by atoms with Crippen LogP contribution in [-0.2, 0) is 4.74 Å². The molecule has 1 atom stereocenters. The van der Waals surface area contributed by atoms with Crippen molar-refractivity contribution < 1.29 is 9.13 Å². The fraction of sp³-hybridized carbons (Fsp3) is 0.667. The number of nitrogens with one attached hydrogen (secondary N) is 1. The third-order valence-electron chi connectivity index (χ3n) is 4.59. The molecule has 1 aliphatic carbocycles. The van der Waals surface area contributed by atoms with E-state index in [-0.39, 0.29) is 17.5 Å². The number of benzene rings is 1. The van der Waals surface area contributed by atoms with Gasteiger partial charge < -0.3 is 10.1 Å². The molecule has 118 valence electrons. The Morgan fingerprint density at radius 2 is 1.86 bits per heavy atom. The quantitative estimate of drug-likeness (QED) is 0.806. The molecular formula is C18H28FNO. The summed E-state index contributed by atoms with van der Waals surface area (Å²) >= 11 is 0. The van der Waals surface area contributed by atoms with Gasteiger partial charge in [-0.25, -0.2) is 4.39 Å². The molecule has 0 aliphatic heterocycles. The molecule has 2 rings (SSSR count). The molecule has 1 fully saturated rings. The Morgan fingerprint density at radius 1 is 1.19 bits per heavy atom. The Kier molecular flexibility index (Phi) is 5.77. The molecule has 0 saturated heterocycles. The lowest BCUT2D eigenvalue weighted by Crippen LogP contribution is -2.45. The van der Waals surface area contributed by atoms with Gasteiger partial charge in [0.25, 0.3) is 0 Å². The maximum Gasteiger partial charge on any atom is 0.123 e. The average molecular weight is 293 g/mol. The molecule has 0 bridgehead atoms. The van der Waals surface area contributed by atoms with Gasteiger partial charge in [0.2, 0.25) is 0 Å². The molecule has 0 aromatic heterocycles. The summed E-state index contributed by atoms with van der Waals surface area (Å²) in [4.78, 5) is 0. The zero-order valence-corrected chi connectivity index (χ0v) is 13.5. The minimum atomic E-state index is -0.208. The van der Waals surface area contributed by atoms with Crippen molar-refractivity contribution in [2.75, 3.05) is 13.7 Å². The molecular weight excluding hydrogens is 265 g/mol. The number of likely N-dealkylation sites (N-methyl/N-ethyl adjacent to an activating group) is 1. The summed E-state index contributed by atoms with van der Waals surface area (Å²) in [5.41, 5.74) is 1.76. The molecule has 0 amide bonds. The number of aryl methyl sites for hydroxylation is 1. The molecule has 0 spiro atoms. The second-order valence-corrected chi connectivity index (χ2v) is 6.20. The number of halogens is 1. The minimum absolute atomic E-state index is 0.0462. The maximum absolute atomic E-state index is 13.8. The fourth-order valence-corrected chi connectivity index (χ4v) is 3.80. The van der Waals surface area contributed by atoms with Crippen LogP contribution in [0.25, 0.3) is 0 Å². The summed E-state index contributed by atoms with van der Waals surface area (Å²) in [5, 5.41) is 3.40. The molecule has 21 heavy (non-hydrogen) atoms. The first-order valence-electron chi connectivity index (χ1n) is 8.19. The number of hydrogen-bond donors (Lipinski definition) is 1. The molecule has 1 aromatic carbocycles. The normalized spacial score (nSPS) is 20.0. The summed E-state index contributed by atoms with van der Waals surface area (Å²) in [7, 11) is 1.95. The monoisotopic (exact) mass is 293 g/mol. The van der Waals surface area contributed by atoms with E-state index in [1.807, 2.05) is 14.0 Å². The first-order valence-corrected chi connectivity index (χ1v) is 8.19. The Balaban J connectivity index is 2.38. The van der Waals surface area contributed by atoms with Crippen LogP contribution in [0.4, 0.5) is 4.39 Å². The molecule has 3 heteroatoms. The van der Waals surface area contributed by atoms with Gasteiger partial charge in [-0.1, -0.05) is 31.7 Å². The number of hydrogen-bond acceptors (Lipinski definition) is 2. The van der Waals surface area contributed by atoms with Gasteiger partial charge in [-0.05, 0) is 57.0 Å². The lowest BCUT2D eigenvalue weighted by atomic mass is 9.81. The highest BCUT2D eigenvalue weighted by Crippen LogP contribution is 2.40. The van der Waals surface area contributed by atoms with Crippen molar-refractivity contribution in [2.24, 2.45) is 0 Å². The van der Waals surface area contributed by atoms with E-state index < -0.39 is 0 Å². The Labute approximate surface area is 128 Å². The Morgan fingerprint density at radius 3 is 2.38 bits per heavy atom. The van der Waals surface area contributed by atoms with E-state index >= 15 is 0 Å². The van der Waals surface area contributed by atoms with Crippen LogP contribution in [0.15, 0.2) is 18.2 Å². The van der Waals surface area contributed by atoms with Crippen LogP contribution in [-0.4, -0.2) is 19.3 Å². The van der Waals surface area contributed by atoms with Crippen molar-refractivity contribution >= 4 is 0 Å². The summed E-state index contributed by atoms with van der Waals surface area (Å²) in [5.74, 6) is -0.162. The lowest BCUT2D eigenvalue weighted by Gasteiger charge is -2.40. The van der Waals surface area contributed by atoms with Crippen molar-refractivity contribution in [1.82, 2.24) is 5.32 Å². The predicted octanol–water partition coefficient (Wildman–Crippen LogP) is 4.52. The third kappa shape index (κ3) is 3.83. The van der Waals surface area contributed by atoms with Gasteiger partial charge in [-0.2, -0.15) is 0 Å². The summed E-state index contributed by atoms with van der Waals surface area (Å²) in [6.45, 7) is 4.70. The van der Waals surface area contributed by atoms with Crippen molar-refractivity contribution in [1.29, 1.82) is 0 Å². The molecule has 1 N–H and O–H groups in total. The van der Waals surface area contributed by atoms with E-state index in [0.717, 1.165) is 24.0 Å². The highest BCUT2D eigenvalue weighted by molar-refractivity contribution is 5.28. The van der Waals surface area contributed by atoms with Crippen LogP contribution in [0, 0.1) is 12.7 Å². The van der Waals surface area contributed by atoms with Crippen molar-refractivity contribution in [3.8, 4) is 0 Å². The third-order valence-corrected chi connectivity index (χ3v) is 4.59. The Hall–Kier alpha value is -0.930. The minimum Gasteiger partial charge on any atom is -0.373 e. The van der Waals surface area contributed by atoms with Crippen LogP contribution in [0.3, 0.4) is 0 Å². The highest BCUT2D eigenvalue weighted by Gasteiger charge is 2.40. The molecule has 0 heterocycles. The molecule has 1 aromatic rings. The van der Waals surface area contributed by atoms with Gasteiger partial charge in [0, 0.05) is 6.61 Å². The van der Waals surface area contributed by atoms with Crippen molar-refractivity contribution in [2.45, 2.75) is 64.0 Å².